The second-order valence-corrected chi connectivity index (χ2v) is 65.5. The number of esters is 2. The van der Waals surface area contributed by atoms with E-state index in [2.05, 4.69) is 4.74 Å². The van der Waals surface area contributed by atoms with Gasteiger partial charge in [-0.25, -0.2) is 0 Å². The highest BCUT2D eigenvalue weighted by Crippen LogP contribution is 2.08. The number of ether oxygens (including phenoxy) is 2. The van der Waals surface area contributed by atoms with Crippen LogP contribution in [0.5, 0.6) is 0 Å². The minimum atomic E-state index is -0.569. The zero-order chi connectivity index (χ0) is 40.8. The van der Waals surface area contributed by atoms with Crippen molar-refractivity contribution in [2.45, 2.75) is 44.8 Å². The van der Waals surface area contributed by atoms with Crippen LogP contribution in [0.15, 0.2) is 30.3 Å². The first-order valence-electron chi connectivity index (χ1n) is 12.8. The molecule has 40 heteroatoms. The quantitative estimate of drug-likeness (QED) is 0.300. The number of benzene rings is 1. The van der Waals surface area contributed by atoms with Crippen LogP contribution in [0.25, 0.3) is 0 Å². The fourth-order valence-electron chi connectivity index (χ4n) is 2.24. The van der Waals surface area contributed by atoms with E-state index >= 15 is 0 Å². The molecule has 0 aliphatic rings. The summed E-state index contributed by atoms with van der Waals surface area (Å²) >= 11 is 9.59. The van der Waals surface area contributed by atoms with Gasteiger partial charge in [-0.05, 0) is 18.4 Å². The van der Waals surface area contributed by atoms with Crippen LogP contribution < -0.4 is 5.73 Å². The Labute approximate surface area is 430 Å². The zero-order valence-corrected chi connectivity index (χ0v) is 55.3. The Morgan fingerprint density at radius 1 is 0.518 bits per heavy atom. The monoisotopic (exact) mass is 1410 g/mol. The first kappa shape index (κ1) is 61.8. The second kappa shape index (κ2) is 53.4. The maximum absolute atomic E-state index is 11.5. The van der Waals surface area contributed by atoms with E-state index in [1.165, 1.54) is 24.9 Å². The summed E-state index contributed by atoms with van der Waals surface area (Å²) in [6.07, 6.45) is 3.33. The van der Waals surface area contributed by atoms with E-state index in [1.54, 1.807) is 107 Å². The molecule has 56 heavy (non-hydrogen) atoms. The zero-order valence-electron chi connectivity index (χ0n) is 26.7. The molecule has 1 rings (SSSR count). The Balaban J connectivity index is 0.00000122. The third-order valence-corrected chi connectivity index (χ3v) is 75.1. The molecular weight excluding hydrogens is 1390 g/mol. The van der Waals surface area contributed by atoms with Gasteiger partial charge < -0.3 is 15.2 Å². The number of unbranched alkanes of at least 4 members (excludes halogenated alkanes) is 2. The highest BCUT2D eigenvalue weighted by molar-refractivity contribution is 8.80. The first-order chi connectivity index (χ1) is 27.5. The summed E-state index contributed by atoms with van der Waals surface area (Å²) in [6, 6.07) is 9.01. The van der Waals surface area contributed by atoms with E-state index in [9.17, 15) is 9.59 Å². The van der Waals surface area contributed by atoms with E-state index in [-0.39, 0.29) is 5.97 Å². The van der Waals surface area contributed by atoms with E-state index in [0.29, 0.717) is 19.4 Å². The van der Waals surface area contributed by atoms with Gasteiger partial charge in [0.15, 0.2) is 0 Å². The van der Waals surface area contributed by atoms with E-state index in [4.69, 9.17) is 32.8 Å². The summed E-state index contributed by atoms with van der Waals surface area (Å²) in [7, 11) is 59.6. The van der Waals surface area contributed by atoms with Gasteiger partial charge in [-0.2, -0.15) is 0 Å². The number of carbonyl (C=O) groups excluding carboxylic acids is 2. The molecule has 0 saturated carbocycles. The number of hydrogen-bond donors (Lipinski definition) is 1. The van der Waals surface area contributed by atoms with Crippen molar-refractivity contribution in [2.24, 2.45) is 5.73 Å². The lowest BCUT2D eigenvalue weighted by Crippen LogP contribution is -2.31. The minimum absolute atomic E-state index is 0.198. The lowest BCUT2D eigenvalue weighted by molar-refractivity contribution is -0.145. The van der Waals surface area contributed by atoms with Crippen LogP contribution in [0.4, 0.5) is 0 Å². The molecule has 0 saturated heterocycles. The number of hydrogen-bond acceptors (Lipinski definition) is 7. The van der Waals surface area contributed by atoms with Gasteiger partial charge in [-0.15, -0.1) is 0 Å². The predicted molar refractivity (Wildman–Crippen MR) is 337 cm³/mol. The summed E-state index contributed by atoms with van der Waals surface area (Å²) in [5.41, 5.74) is 6.60. The van der Waals surface area contributed by atoms with Gasteiger partial charge in [0.2, 0.25) is 0 Å². The Bertz CT molecular complexity index is 2810. The molecule has 0 amide bonds. The van der Waals surface area contributed by atoms with Crippen molar-refractivity contribution >= 4 is 327 Å². The van der Waals surface area contributed by atoms with E-state index < -0.39 is 12.0 Å². The van der Waals surface area contributed by atoms with Gasteiger partial charge in [0.1, 0.15) is 12.6 Å². The number of nitrogens with two attached hydrogens (primary N) is 1. The smallest absolute Gasteiger partial charge is 0.322 e. The lowest BCUT2D eigenvalue weighted by atomic mass is 10.1. The summed E-state index contributed by atoms with van der Waals surface area (Å²) in [4.78, 5) is 22.6. The van der Waals surface area contributed by atoms with Crippen molar-refractivity contribution in [3.63, 3.8) is 0 Å². The molecule has 0 radical (unpaired) electrons. The molecule has 0 unspecified atom stereocenters. The Kier molecular flexibility index (Phi) is 59.0. The van der Waals surface area contributed by atoms with Gasteiger partial charge in [-0.1, -0.05) is 43.2 Å². The average molecular weight is 1420 g/mol. The second-order valence-electron chi connectivity index (χ2n) is 7.12. The van der Waals surface area contributed by atoms with Crippen LogP contribution in [0.1, 0.15) is 37.7 Å². The number of methoxy groups -OCH3 is 1. The maximum atomic E-state index is 11.5. The lowest BCUT2D eigenvalue weighted by Gasteiger charge is -2.08. The highest BCUT2D eigenvalue weighted by atomic mass is 33.5. The molecule has 326 valence electrons. The Morgan fingerprint density at radius 3 is 1.14 bits per heavy atom. The molecule has 1 aromatic carbocycles. The van der Waals surface area contributed by atoms with Crippen molar-refractivity contribution in [1.82, 2.24) is 0 Å². The molecule has 2 N–H and O–H groups in total. The fraction of sp³-hybridized carbons (Fsp3) is 0.500. The van der Waals surface area contributed by atoms with Gasteiger partial charge in [0, 0.05) is 322 Å². The molecule has 0 aliphatic carbocycles. The fourth-order valence-corrected chi connectivity index (χ4v) is 87.3. The largest absolute Gasteiger partial charge is 0.468 e. The molecule has 0 heterocycles. The molecule has 0 aromatic heterocycles. The van der Waals surface area contributed by atoms with Crippen molar-refractivity contribution in [1.29, 1.82) is 0 Å². The summed E-state index contributed by atoms with van der Waals surface area (Å²) < 4.78 is 9.72. The SMILES string of the molecule is COC(=O)[C@@H](N)CCCCCC(=O)OCc1ccccc1.S=S=S=S=S=S=S=S=S=S=S=S=S=S=S=S=S=S=S=S=S=S=S=S=S=S=S=S=S=S=S=S=S=S=S. The highest BCUT2D eigenvalue weighted by Gasteiger charge is 2.12. The summed E-state index contributed by atoms with van der Waals surface area (Å²) in [6.45, 7) is 0.312. The van der Waals surface area contributed by atoms with Crippen LogP contribution in [-0.4, -0.2) is 25.1 Å². The van der Waals surface area contributed by atoms with Crippen LogP contribution >= 0.6 is 0 Å². The van der Waals surface area contributed by atoms with Gasteiger partial charge in [-0.3, -0.25) is 9.59 Å². The van der Waals surface area contributed by atoms with E-state index in [0.717, 1.165) is 24.8 Å². The van der Waals surface area contributed by atoms with E-state index in [1.807, 2.05) is 199 Å². The normalized spacial score (nSPS) is 9.18. The summed E-state index contributed by atoms with van der Waals surface area (Å²) in [5.74, 6) is -0.589. The molecule has 0 fully saturated rings. The standard InChI is InChI=1S/C16H23NO4.S35/c1-20-16(19)14(17)10-6-3-7-11-15(18)21-12-13-8-4-2-5-9-13;1-3-5-7-9-11-13-15-17-19-21-23-25-27-29-31-33-35-34-32-30-28-26-24-22-20-18-16-14-12-10-8-6-4-2/h2,4-5,8-9,14H,3,6-7,10-12,17H2,1H3;/t14-;/m0./s1. The van der Waals surface area contributed by atoms with Crippen LogP contribution in [-0.2, 0) is 341 Å². The molecule has 1 atom stereocenters. The number of rotatable bonds is 9. The van der Waals surface area contributed by atoms with Gasteiger partial charge >= 0.3 is 11.9 Å². The molecule has 0 spiro atoms. The molecular formula is C16H23NO4S35. The number of carbonyl (C=O) groups is 2. The van der Waals surface area contributed by atoms with Crippen molar-refractivity contribution < 1.29 is 19.1 Å². The van der Waals surface area contributed by atoms with Crippen LogP contribution in [0.2, 0.25) is 0 Å². The van der Waals surface area contributed by atoms with Crippen LogP contribution in [0.3, 0.4) is 0 Å². The third-order valence-electron chi connectivity index (χ3n) is 4.03. The third kappa shape index (κ3) is 49.3. The molecule has 0 bridgehead atoms. The minimum Gasteiger partial charge on any atom is -0.468 e. The Morgan fingerprint density at radius 2 is 0.839 bits per heavy atom. The first-order valence-corrected chi connectivity index (χ1v) is 58.2. The van der Waals surface area contributed by atoms with Crippen molar-refractivity contribution in [2.75, 3.05) is 7.11 Å². The molecule has 5 nitrogen and oxygen atoms in total. The predicted octanol–water partition coefficient (Wildman–Crippen LogP) is 2.10. The van der Waals surface area contributed by atoms with Crippen molar-refractivity contribution in [3.05, 3.63) is 35.9 Å². The Hall–Kier alpha value is 5.82. The van der Waals surface area contributed by atoms with Gasteiger partial charge in [0.05, 0.1) is 7.11 Å². The summed E-state index contributed by atoms with van der Waals surface area (Å²) in [5, 5.41) is 0. The van der Waals surface area contributed by atoms with Crippen LogP contribution in [0, 0.1) is 0 Å². The maximum Gasteiger partial charge on any atom is 0.322 e. The average Bonchev–Trinajstić information content (AvgIpc) is 3.22. The molecule has 1 aromatic rings. The van der Waals surface area contributed by atoms with Gasteiger partial charge in [0.25, 0.3) is 0 Å². The molecule has 0 aliphatic heterocycles. The van der Waals surface area contributed by atoms with Crippen molar-refractivity contribution in [3.8, 4) is 0 Å². The topological polar surface area (TPSA) is 78.6 Å².